The highest BCUT2D eigenvalue weighted by molar-refractivity contribution is 7.23. The van der Waals surface area contributed by atoms with Gasteiger partial charge < -0.3 is 19.6 Å². The highest BCUT2D eigenvalue weighted by atomic mass is 35.5. The van der Waals surface area contributed by atoms with Crippen LogP contribution in [0.5, 0.6) is 6.01 Å². The van der Waals surface area contributed by atoms with Gasteiger partial charge in [-0.25, -0.2) is 18.0 Å². The summed E-state index contributed by atoms with van der Waals surface area (Å²) in [5, 5.41) is 26.1. The third-order valence-electron chi connectivity index (χ3n) is 10.4. The molecule has 2 amide bonds. The summed E-state index contributed by atoms with van der Waals surface area (Å²) >= 11 is 7.61. The van der Waals surface area contributed by atoms with E-state index in [4.69, 9.17) is 21.3 Å². The molecular formula is C36H33ClF3N9O4S. The number of nitrogens with one attached hydrogen (secondary N) is 1. The van der Waals surface area contributed by atoms with Crippen molar-refractivity contribution in [3.8, 4) is 23.2 Å². The van der Waals surface area contributed by atoms with Gasteiger partial charge in [-0.05, 0) is 49.6 Å². The van der Waals surface area contributed by atoms with Crippen LogP contribution < -0.4 is 15.0 Å². The number of halogens is 4. The van der Waals surface area contributed by atoms with Crippen LogP contribution in [0.2, 0.25) is 5.02 Å². The first-order valence-corrected chi connectivity index (χ1v) is 18.5. The van der Waals surface area contributed by atoms with Crippen LogP contribution in [-0.2, 0) is 13.1 Å². The van der Waals surface area contributed by atoms with Crippen molar-refractivity contribution in [3.05, 3.63) is 57.9 Å². The van der Waals surface area contributed by atoms with Gasteiger partial charge in [-0.3, -0.25) is 19.7 Å². The number of rotatable bonds is 7. The number of carboxylic acid groups (broad SMARTS) is 1. The third-order valence-corrected chi connectivity index (χ3v) is 11.8. The Balaban J connectivity index is 1.29. The first-order valence-electron chi connectivity index (χ1n) is 17.3. The molecule has 0 saturated carbocycles. The number of anilines is 2. The van der Waals surface area contributed by atoms with Crippen molar-refractivity contribution in [2.24, 2.45) is 0 Å². The van der Waals surface area contributed by atoms with Crippen LogP contribution >= 0.6 is 22.9 Å². The molecule has 2 aromatic carbocycles. The van der Waals surface area contributed by atoms with Gasteiger partial charge in [0.05, 0.1) is 33.1 Å². The molecule has 8 rings (SSSR count). The van der Waals surface area contributed by atoms with Crippen molar-refractivity contribution in [2.75, 3.05) is 50.6 Å². The molecule has 2 N–H and O–H groups in total. The zero-order valence-electron chi connectivity index (χ0n) is 29.1. The lowest BCUT2D eigenvalue weighted by Gasteiger charge is -2.31. The topological polar surface area (TPSA) is 153 Å². The largest absolute Gasteiger partial charge is 0.465 e. The minimum Gasteiger partial charge on any atom is -0.465 e. The Morgan fingerprint density at radius 3 is 2.78 bits per heavy atom. The maximum absolute atomic E-state index is 17.3. The molecule has 5 aromatic rings. The predicted octanol–water partition coefficient (Wildman–Crippen LogP) is 6.67. The van der Waals surface area contributed by atoms with Crippen LogP contribution in [0.25, 0.3) is 32.1 Å². The van der Waals surface area contributed by atoms with Gasteiger partial charge in [-0.15, -0.1) is 11.3 Å². The van der Waals surface area contributed by atoms with Crippen LogP contribution in [-0.4, -0.2) is 98.7 Å². The minimum absolute atomic E-state index is 0.0107. The molecule has 0 radical (unpaired) electrons. The molecule has 3 aromatic heterocycles. The molecule has 0 aliphatic carbocycles. The molecule has 3 aliphatic heterocycles. The fourth-order valence-electron chi connectivity index (χ4n) is 8.01. The van der Waals surface area contributed by atoms with Gasteiger partial charge in [-0.1, -0.05) is 17.7 Å². The van der Waals surface area contributed by atoms with E-state index in [0.717, 1.165) is 31.1 Å². The molecule has 0 spiro atoms. The Morgan fingerprint density at radius 2 is 2.02 bits per heavy atom. The normalized spacial score (nSPS) is 19.8. The van der Waals surface area contributed by atoms with Gasteiger partial charge in [-0.2, -0.15) is 20.3 Å². The summed E-state index contributed by atoms with van der Waals surface area (Å²) in [5.41, 5.74) is -0.00261. The number of nitrogens with zero attached hydrogens (tertiary/aromatic N) is 8. The number of thiophene rings is 1. The van der Waals surface area contributed by atoms with Crippen molar-refractivity contribution in [1.82, 2.24) is 29.5 Å². The molecule has 6 heterocycles. The average molecular weight is 780 g/mol. The van der Waals surface area contributed by atoms with E-state index in [1.807, 2.05) is 11.0 Å². The lowest BCUT2D eigenvalue weighted by atomic mass is 9.95. The van der Waals surface area contributed by atoms with Gasteiger partial charge in [0.15, 0.2) is 11.5 Å². The fraction of sp³-hybridized carbons (Fsp3) is 0.389. The van der Waals surface area contributed by atoms with Gasteiger partial charge >= 0.3 is 12.1 Å². The number of aromatic nitrogens is 4. The summed E-state index contributed by atoms with van der Waals surface area (Å²) in [4.78, 5) is 39.1. The Kier molecular flexibility index (Phi) is 9.02. The van der Waals surface area contributed by atoms with Crippen LogP contribution in [0.4, 0.5) is 28.8 Å². The number of carbonyl (C=O) groups is 2. The summed E-state index contributed by atoms with van der Waals surface area (Å²) in [7, 11) is 3.29. The van der Waals surface area contributed by atoms with Crippen molar-refractivity contribution in [2.45, 2.75) is 50.5 Å². The summed E-state index contributed by atoms with van der Waals surface area (Å²) in [5.74, 6) is -1.57. The lowest BCUT2D eigenvalue weighted by molar-refractivity contribution is 0.0821. The van der Waals surface area contributed by atoms with E-state index in [-0.39, 0.29) is 78.5 Å². The number of amides is 2. The van der Waals surface area contributed by atoms with Crippen molar-refractivity contribution >= 4 is 66.7 Å². The molecule has 3 aliphatic rings. The molecule has 0 unspecified atom stereocenters. The van der Waals surface area contributed by atoms with E-state index in [9.17, 15) is 24.3 Å². The van der Waals surface area contributed by atoms with E-state index in [1.54, 1.807) is 24.8 Å². The highest BCUT2D eigenvalue weighted by Gasteiger charge is 2.49. The Bertz CT molecular complexity index is 2420. The van der Waals surface area contributed by atoms with Gasteiger partial charge in [0.25, 0.3) is 5.91 Å². The van der Waals surface area contributed by atoms with Crippen LogP contribution in [0.15, 0.2) is 24.3 Å². The van der Waals surface area contributed by atoms with E-state index >= 15 is 8.78 Å². The molecule has 2 saturated heterocycles. The van der Waals surface area contributed by atoms with E-state index in [2.05, 4.69) is 20.3 Å². The SMILES string of the molecule is CN(C)C(=O)c1cc2n(n1)CCCN(c1nc(OC[C@@]34CCCN3C[C@H](F)C4)nc3c(F)c(-c4ccc(F)c5sc(NC(=O)O)c(C#N)c45)c(Cl)cc13)C2. The standard InChI is InChI=1S/C36H33ClF3N9O4S/c1-46(2)33(50)25-11-19-16-47(8-4-10-49(19)45-25)31-21-12-23(37)27(20-5-6-24(39)30-26(20)22(14-41)32(54-30)44-35(51)52)28(40)29(21)42-34(43-31)53-17-36-7-3-9-48(36)15-18(38)13-36/h5-6,11-12,18,44H,3-4,7-10,13,15-17H2,1-2H3,(H,51,52)/t18-,36+/m1/s1. The van der Waals surface area contributed by atoms with Gasteiger partial charge in [0, 0.05) is 56.5 Å². The van der Waals surface area contributed by atoms with Crippen molar-refractivity contribution in [1.29, 1.82) is 5.26 Å². The molecule has 0 bridgehead atoms. The maximum Gasteiger partial charge on any atom is 0.409 e. The van der Waals surface area contributed by atoms with Crippen LogP contribution in [0.1, 0.15) is 47.4 Å². The number of hydrogen-bond acceptors (Lipinski definition) is 10. The Labute approximate surface area is 315 Å². The number of ether oxygens (including phenoxy) is 1. The summed E-state index contributed by atoms with van der Waals surface area (Å²) in [6, 6.07) is 7.40. The highest BCUT2D eigenvalue weighted by Crippen LogP contribution is 2.47. The number of carbonyl (C=O) groups excluding carboxylic acids is 1. The minimum atomic E-state index is -1.45. The molecule has 54 heavy (non-hydrogen) atoms. The summed E-state index contributed by atoms with van der Waals surface area (Å²) in [6.45, 7) is 2.37. The number of fused-ring (bicyclic) bond motifs is 4. The van der Waals surface area contributed by atoms with E-state index in [1.165, 1.54) is 17.0 Å². The Morgan fingerprint density at radius 1 is 1.20 bits per heavy atom. The monoisotopic (exact) mass is 779 g/mol. The second-order valence-corrected chi connectivity index (χ2v) is 15.4. The maximum atomic E-state index is 17.3. The summed E-state index contributed by atoms with van der Waals surface area (Å²) < 4.78 is 55.0. The molecule has 2 fully saturated rings. The van der Waals surface area contributed by atoms with Gasteiger partial charge in [0.1, 0.15) is 41.0 Å². The number of hydrogen-bond donors (Lipinski definition) is 2. The van der Waals surface area contributed by atoms with Crippen molar-refractivity contribution in [3.63, 3.8) is 0 Å². The quantitative estimate of drug-likeness (QED) is 0.183. The summed E-state index contributed by atoms with van der Waals surface area (Å²) in [6.07, 6.45) is 0.0680. The molecule has 18 heteroatoms. The predicted molar refractivity (Wildman–Crippen MR) is 196 cm³/mol. The zero-order valence-corrected chi connectivity index (χ0v) is 30.7. The lowest BCUT2D eigenvalue weighted by Crippen LogP contribution is -2.43. The van der Waals surface area contributed by atoms with Crippen LogP contribution in [0, 0.1) is 23.0 Å². The average Bonchev–Trinajstić information content (AvgIpc) is 3.85. The number of aryl methyl sites for hydroxylation is 1. The molecule has 13 nitrogen and oxygen atoms in total. The van der Waals surface area contributed by atoms with Crippen molar-refractivity contribution < 1.29 is 32.6 Å². The fourth-order valence-corrected chi connectivity index (χ4v) is 9.37. The molecule has 2 atom stereocenters. The number of alkyl halides is 1. The van der Waals surface area contributed by atoms with Crippen LogP contribution in [0.3, 0.4) is 0 Å². The second-order valence-electron chi connectivity index (χ2n) is 14.0. The smallest absolute Gasteiger partial charge is 0.409 e. The van der Waals surface area contributed by atoms with E-state index in [0.29, 0.717) is 49.6 Å². The first-order chi connectivity index (χ1) is 25.9. The zero-order chi connectivity index (χ0) is 38.1. The number of benzene rings is 2. The molecular weight excluding hydrogens is 747 g/mol. The van der Waals surface area contributed by atoms with Gasteiger partial charge in [0.2, 0.25) is 0 Å². The third kappa shape index (κ3) is 6.02. The second kappa shape index (κ2) is 13.6. The number of nitriles is 1. The Hall–Kier alpha value is -5.18. The molecule has 280 valence electrons. The van der Waals surface area contributed by atoms with E-state index < -0.39 is 29.4 Å². The first kappa shape index (κ1) is 35.8.